The van der Waals surface area contributed by atoms with Crippen molar-refractivity contribution in [2.45, 2.75) is 13.5 Å². The lowest BCUT2D eigenvalue weighted by atomic mass is 9.87. The summed E-state index contributed by atoms with van der Waals surface area (Å²) >= 11 is 0. The zero-order chi connectivity index (χ0) is 16.8. The van der Waals surface area contributed by atoms with Gasteiger partial charge in [-0.15, -0.1) is 0 Å². The molecule has 24 heavy (non-hydrogen) atoms. The highest BCUT2D eigenvalue weighted by Crippen LogP contribution is 2.40. The SMILES string of the molecule is COc1ccc2c(C)c3c(c(-c4ccc(F)cc4)c2c1)CNC3=O. The number of methoxy groups -OCH3 is 1. The van der Waals surface area contributed by atoms with E-state index in [2.05, 4.69) is 5.32 Å². The number of fused-ring (bicyclic) bond motifs is 2. The maximum atomic E-state index is 13.3. The number of carbonyl (C=O) groups is 1. The normalized spacial score (nSPS) is 13.0. The zero-order valence-electron chi connectivity index (χ0n) is 13.4. The van der Waals surface area contributed by atoms with Crippen LogP contribution in [0, 0.1) is 12.7 Å². The number of amides is 1. The standard InChI is InChI=1S/C20H16FNO2/c1-11-15-8-7-14(24-2)9-16(15)19(12-3-5-13(21)6-4-12)17-10-22-20(23)18(11)17/h3-9H,10H2,1-2H3,(H,22,23). The highest BCUT2D eigenvalue weighted by molar-refractivity contribution is 6.11. The van der Waals surface area contributed by atoms with Gasteiger partial charge in [-0.05, 0) is 64.2 Å². The van der Waals surface area contributed by atoms with Crippen molar-refractivity contribution in [3.05, 3.63) is 65.0 Å². The number of nitrogens with one attached hydrogen (secondary N) is 1. The van der Waals surface area contributed by atoms with Gasteiger partial charge in [-0.25, -0.2) is 4.39 Å². The van der Waals surface area contributed by atoms with Crippen LogP contribution in [0.3, 0.4) is 0 Å². The Bertz CT molecular complexity index is 977. The first kappa shape index (κ1) is 14.7. The number of hydrogen-bond donors (Lipinski definition) is 1. The van der Waals surface area contributed by atoms with Crippen molar-refractivity contribution in [1.82, 2.24) is 5.32 Å². The van der Waals surface area contributed by atoms with Gasteiger partial charge >= 0.3 is 0 Å². The number of hydrogen-bond acceptors (Lipinski definition) is 2. The Kier molecular flexibility index (Phi) is 3.27. The molecule has 3 aromatic carbocycles. The van der Waals surface area contributed by atoms with E-state index in [9.17, 15) is 9.18 Å². The summed E-state index contributed by atoms with van der Waals surface area (Å²) in [6.07, 6.45) is 0. The van der Waals surface area contributed by atoms with Gasteiger partial charge in [0.1, 0.15) is 11.6 Å². The van der Waals surface area contributed by atoms with Crippen molar-refractivity contribution in [1.29, 1.82) is 0 Å². The van der Waals surface area contributed by atoms with E-state index in [0.717, 1.165) is 44.3 Å². The van der Waals surface area contributed by atoms with Gasteiger partial charge in [0.15, 0.2) is 0 Å². The number of ether oxygens (including phenoxy) is 1. The van der Waals surface area contributed by atoms with Crippen molar-refractivity contribution in [3.63, 3.8) is 0 Å². The summed E-state index contributed by atoms with van der Waals surface area (Å²) in [7, 11) is 1.63. The molecule has 0 unspecified atom stereocenters. The molecule has 0 saturated heterocycles. The second kappa shape index (κ2) is 5.34. The Labute approximate surface area is 139 Å². The number of benzene rings is 3. The monoisotopic (exact) mass is 321 g/mol. The third-order valence-corrected chi connectivity index (χ3v) is 4.66. The first-order valence-corrected chi connectivity index (χ1v) is 7.77. The highest BCUT2D eigenvalue weighted by Gasteiger charge is 2.27. The van der Waals surface area contributed by atoms with Crippen molar-refractivity contribution >= 4 is 16.7 Å². The van der Waals surface area contributed by atoms with E-state index in [0.29, 0.717) is 6.54 Å². The van der Waals surface area contributed by atoms with Crippen LogP contribution in [0.4, 0.5) is 4.39 Å². The fourth-order valence-electron chi connectivity index (χ4n) is 3.52. The summed E-state index contributed by atoms with van der Waals surface area (Å²) < 4.78 is 18.7. The molecule has 1 amide bonds. The topological polar surface area (TPSA) is 38.3 Å². The average molecular weight is 321 g/mol. The van der Waals surface area contributed by atoms with Gasteiger partial charge in [-0.1, -0.05) is 18.2 Å². The quantitative estimate of drug-likeness (QED) is 0.768. The molecule has 0 radical (unpaired) electrons. The smallest absolute Gasteiger partial charge is 0.252 e. The zero-order valence-corrected chi connectivity index (χ0v) is 13.4. The van der Waals surface area contributed by atoms with E-state index in [1.165, 1.54) is 12.1 Å². The van der Waals surface area contributed by atoms with Gasteiger partial charge in [-0.3, -0.25) is 4.79 Å². The first-order valence-electron chi connectivity index (χ1n) is 7.77. The van der Waals surface area contributed by atoms with Crippen LogP contribution in [0.2, 0.25) is 0 Å². The predicted octanol–water partition coefficient (Wildman–Crippen LogP) is 4.21. The van der Waals surface area contributed by atoms with Crippen LogP contribution in [-0.2, 0) is 6.54 Å². The molecule has 0 atom stereocenters. The van der Waals surface area contributed by atoms with Crippen LogP contribution in [-0.4, -0.2) is 13.0 Å². The number of halogens is 1. The molecule has 1 N–H and O–H groups in total. The summed E-state index contributed by atoms with van der Waals surface area (Å²) in [5.41, 5.74) is 4.51. The Balaban J connectivity index is 2.15. The molecule has 1 heterocycles. The maximum absolute atomic E-state index is 13.3. The molecule has 0 bridgehead atoms. The largest absolute Gasteiger partial charge is 0.497 e. The van der Waals surface area contributed by atoms with E-state index >= 15 is 0 Å². The number of rotatable bonds is 2. The molecule has 120 valence electrons. The Hall–Kier alpha value is -2.88. The summed E-state index contributed by atoms with van der Waals surface area (Å²) in [5.74, 6) is 0.421. The van der Waals surface area contributed by atoms with Crippen LogP contribution in [0.15, 0.2) is 42.5 Å². The molecule has 0 aliphatic carbocycles. The van der Waals surface area contributed by atoms with Crippen LogP contribution in [0.5, 0.6) is 5.75 Å². The van der Waals surface area contributed by atoms with Crippen molar-refractivity contribution in [2.24, 2.45) is 0 Å². The summed E-state index contributed by atoms with van der Waals surface area (Å²) in [6.45, 7) is 2.45. The van der Waals surface area contributed by atoms with E-state index < -0.39 is 0 Å². The van der Waals surface area contributed by atoms with Crippen molar-refractivity contribution in [2.75, 3.05) is 7.11 Å². The number of aryl methyl sites for hydroxylation is 1. The van der Waals surface area contributed by atoms with Gasteiger partial charge in [-0.2, -0.15) is 0 Å². The minimum Gasteiger partial charge on any atom is -0.497 e. The third kappa shape index (κ3) is 2.07. The van der Waals surface area contributed by atoms with Gasteiger partial charge in [0.05, 0.1) is 7.11 Å². The minimum atomic E-state index is -0.279. The molecule has 0 spiro atoms. The molecular formula is C20H16FNO2. The average Bonchev–Trinajstić information content (AvgIpc) is 2.98. The molecule has 0 aromatic heterocycles. The van der Waals surface area contributed by atoms with Crippen LogP contribution >= 0.6 is 0 Å². The van der Waals surface area contributed by atoms with Gasteiger partial charge in [0, 0.05) is 12.1 Å². The van der Waals surface area contributed by atoms with E-state index in [1.54, 1.807) is 19.2 Å². The van der Waals surface area contributed by atoms with Gasteiger partial charge < -0.3 is 10.1 Å². The summed E-state index contributed by atoms with van der Waals surface area (Å²) in [4.78, 5) is 12.3. The van der Waals surface area contributed by atoms with E-state index in [-0.39, 0.29) is 11.7 Å². The molecule has 4 rings (SSSR count). The minimum absolute atomic E-state index is 0.0522. The van der Waals surface area contributed by atoms with Crippen LogP contribution in [0.25, 0.3) is 21.9 Å². The maximum Gasteiger partial charge on any atom is 0.252 e. The molecule has 1 aliphatic rings. The summed E-state index contributed by atoms with van der Waals surface area (Å²) in [6, 6.07) is 12.2. The van der Waals surface area contributed by atoms with Crippen LogP contribution in [0.1, 0.15) is 21.5 Å². The predicted molar refractivity (Wildman–Crippen MR) is 91.8 cm³/mol. The second-order valence-corrected chi connectivity index (χ2v) is 5.95. The highest BCUT2D eigenvalue weighted by atomic mass is 19.1. The van der Waals surface area contributed by atoms with Gasteiger partial charge in [0.25, 0.3) is 5.91 Å². The molecule has 3 nitrogen and oxygen atoms in total. The lowest BCUT2D eigenvalue weighted by Crippen LogP contribution is -2.13. The van der Waals surface area contributed by atoms with Crippen LogP contribution < -0.4 is 10.1 Å². The molecule has 3 aromatic rings. The molecule has 4 heteroatoms. The number of carbonyl (C=O) groups excluding carboxylic acids is 1. The third-order valence-electron chi connectivity index (χ3n) is 4.66. The van der Waals surface area contributed by atoms with E-state index in [1.807, 2.05) is 25.1 Å². The molecular weight excluding hydrogens is 305 g/mol. The van der Waals surface area contributed by atoms with E-state index in [4.69, 9.17) is 4.74 Å². The first-order chi connectivity index (χ1) is 11.6. The molecule has 1 aliphatic heterocycles. The van der Waals surface area contributed by atoms with Gasteiger partial charge in [0.2, 0.25) is 0 Å². The van der Waals surface area contributed by atoms with Crippen molar-refractivity contribution in [3.8, 4) is 16.9 Å². The lowest BCUT2D eigenvalue weighted by molar-refractivity contribution is 0.0965. The second-order valence-electron chi connectivity index (χ2n) is 5.95. The Morgan fingerprint density at radius 1 is 1.04 bits per heavy atom. The molecule has 0 fully saturated rings. The van der Waals surface area contributed by atoms with Crippen molar-refractivity contribution < 1.29 is 13.9 Å². The Morgan fingerprint density at radius 2 is 1.79 bits per heavy atom. The fraction of sp³-hybridized carbons (Fsp3) is 0.150. The molecule has 0 saturated carbocycles. The summed E-state index contributed by atoms with van der Waals surface area (Å²) in [5, 5.41) is 4.92. The fourth-order valence-corrected chi connectivity index (χ4v) is 3.52. The lowest BCUT2D eigenvalue weighted by Gasteiger charge is -2.16. The Morgan fingerprint density at radius 3 is 2.50 bits per heavy atom.